The van der Waals surface area contributed by atoms with Gasteiger partial charge >= 0.3 is 12.1 Å². The molecule has 0 saturated carbocycles. The van der Waals surface area contributed by atoms with E-state index in [0.29, 0.717) is 5.69 Å². The van der Waals surface area contributed by atoms with Gasteiger partial charge in [-0.15, -0.1) is 0 Å². The molecule has 1 aromatic heterocycles. The average Bonchev–Trinajstić information content (AvgIpc) is 3.12. The minimum atomic E-state index is -4.75. The highest BCUT2D eigenvalue weighted by atomic mass is 19.4. The summed E-state index contributed by atoms with van der Waals surface area (Å²) in [6.45, 7) is 0.619. The first-order valence-corrected chi connectivity index (χ1v) is 9.74. The van der Waals surface area contributed by atoms with Crippen molar-refractivity contribution in [1.29, 1.82) is 0 Å². The number of amides is 1. The molecule has 0 fully saturated rings. The Hall–Kier alpha value is -3.88. The van der Waals surface area contributed by atoms with Crippen LogP contribution in [0.15, 0.2) is 66.7 Å². The van der Waals surface area contributed by atoms with Gasteiger partial charge < -0.3 is 14.6 Å². The molecular formula is C23H18F3N3O3. The fourth-order valence-corrected chi connectivity index (χ4v) is 3.38. The molecule has 4 rings (SSSR count). The van der Waals surface area contributed by atoms with Crippen molar-refractivity contribution in [2.45, 2.75) is 25.7 Å². The fourth-order valence-electron chi connectivity index (χ4n) is 3.38. The van der Waals surface area contributed by atoms with Gasteiger partial charge in [0, 0.05) is 5.69 Å². The van der Waals surface area contributed by atoms with Crippen LogP contribution in [0.5, 0.6) is 0 Å². The fraction of sp³-hybridized carbons (Fsp3) is 0.174. The summed E-state index contributed by atoms with van der Waals surface area (Å²) in [6.07, 6.45) is -5.96. The van der Waals surface area contributed by atoms with E-state index in [-0.39, 0.29) is 11.0 Å². The molecule has 1 amide bonds. The molecule has 9 heteroatoms. The van der Waals surface area contributed by atoms with Crippen molar-refractivity contribution in [2.75, 3.05) is 5.32 Å². The Kier molecular flexibility index (Phi) is 5.56. The number of rotatable bonds is 5. The van der Waals surface area contributed by atoms with Crippen molar-refractivity contribution >= 4 is 39.4 Å². The maximum atomic E-state index is 13.4. The largest absolute Gasteiger partial charge is 0.451 e. The number of hydrogen-bond donors (Lipinski definition) is 1. The van der Waals surface area contributed by atoms with Crippen molar-refractivity contribution in [2.24, 2.45) is 0 Å². The lowest BCUT2D eigenvalue weighted by Gasteiger charge is -2.15. The van der Waals surface area contributed by atoms with Crippen LogP contribution >= 0.6 is 0 Å². The summed E-state index contributed by atoms with van der Waals surface area (Å²) >= 11 is 0. The molecule has 0 spiro atoms. The Morgan fingerprint density at radius 2 is 1.72 bits per heavy atom. The topological polar surface area (TPSA) is 73.2 Å². The second-order valence-electron chi connectivity index (χ2n) is 7.19. The van der Waals surface area contributed by atoms with E-state index in [1.807, 2.05) is 30.3 Å². The number of imidazole rings is 1. The van der Waals surface area contributed by atoms with Gasteiger partial charge in [-0.3, -0.25) is 9.59 Å². The number of esters is 1. The second kappa shape index (κ2) is 8.33. The third-order valence-electron chi connectivity index (χ3n) is 4.89. The quantitative estimate of drug-likeness (QED) is 0.453. The maximum Gasteiger partial charge on any atom is 0.449 e. The Morgan fingerprint density at radius 3 is 2.47 bits per heavy atom. The summed E-state index contributed by atoms with van der Waals surface area (Å²) in [6, 6.07) is 18.9. The highest BCUT2D eigenvalue weighted by molar-refractivity contribution is 5.97. The summed E-state index contributed by atoms with van der Waals surface area (Å²) in [5.41, 5.74) is 0.760. The van der Waals surface area contributed by atoms with Crippen molar-refractivity contribution in [3.05, 3.63) is 72.6 Å². The van der Waals surface area contributed by atoms with Crippen LogP contribution in [0, 0.1) is 0 Å². The molecule has 1 unspecified atom stereocenters. The molecule has 0 bridgehead atoms. The van der Waals surface area contributed by atoms with Crippen LogP contribution in [0.25, 0.3) is 21.8 Å². The van der Waals surface area contributed by atoms with E-state index in [0.717, 1.165) is 15.3 Å². The molecule has 1 heterocycles. The Labute approximate surface area is 180 Å². The molecule has 0 aliphatic rings. The number of halogens is 3. The van der Waals surface area contributed by atoms with Gasteiger partial charge in [-0.05, 0) is 42.0 Å². The number of para-hydroxylation sites is 2. The number of benzene rings is 3. The maximum absolute atomic E-state index is 13.4. The lowest BCUT2D eigenvalue weighted by Crippen LogP contribution is -2.31. The minimum Gasteiger partial charge on any atom is -0.451 e. The van der Waals surface area contributed by atoms with E-state index < -0.39 is 36.5 Å². The predicted octanol–water partition coefficient (Wildman–Crippen LogP) is 4.78. The standard InChI is InChI=1S/C23H18F3N3O3/c1-14(21(31)27-17-11-10-15-6-2-3-7-16(15)12-17)32-20(30)13-29-19-9-5-4-8-18(19)28-22(29)23(24,25)26/h2-12,14H,13H2,1H3,(H,27,31). The van der Waals surface area contributed by atoms with Gasteiger partial charge in [0.2, 0.25) is 5.82 Å². The van der Waals surface area contributed by atoms with Gasteiger partial charge in [0.1, 0.15) is 6.54 Å². The number of alkyl halides is 3. The minimum absolute atomic E-state index is 0.106. The second-order valence-corrected chi connectivity index (χ2v) is 7.19. The van der Waals surface area contributed by atoms with Gasteiger partial charge in [-0.25, -0.2) is 4.98 Å². The highest BCUT2D eigenvalue weighted by Gasteiger charge is 2.38. The first-order valence-electron chi connectivity index (χ1n) is 9.74. The predicted molar refractivity (Wildman–Crippen MR) is 113 cm³/mol. The Morgan fingerprint density at radius 1 is 1.03 bits per heavy atom. The molecule has 0 radical (unpaired) electrons. The summed E-state index contributed by atoms with van der Waals surface area (Å²) in [4.78, 5) is 28.4. The van der Waals surface area contributed by atoms with Crippen LogP contribution in [0.1, 0.15) is 12.7 Å². The number of carbonyl (C=O) groups is 2. The monoisotopic (exact) mass is 441 g/mol. The van der Waals surface area contributed by atoms with Gasteiger partial charge in [-0.2, -0.15) is 13.2 Å². The molecule has 4 aromatic rings. The van der Waals surface area contributed by atoms with Crippen LogP contribution < -0.4 is 5.32 Å². The molecular weight excluding hydrogens is 423 g/mol. The van der Waals surface area contributed by atoms with E-state index in [2.05, 4.69) is 10.3 Å². The smallest absolute Gasteiger partial charge is 0.449 e. The summed E-state index contributed by atoms with van der Waals surface area (Å²) in [7, 11) is 0. The zero-order valence-electron chi connectivity index (χ0n) is 16.9. The van der Waals surface area contributed by atoms with Crippen LogP contribution in [0.4, 0.5) is 18.9 Å². The van der Waals surface area contributed by atoms with E-state index >= 15 is 0 Å². The van der Waals surface area contributed by atoms with E-state index in [1.54, 1.807) is 24.3 Å². The number of hydrogen-bond acceptors (Lipinski definition) is 4. The Bertz CT molecular complexity index is 1310. The van der Waals surface area contributed by atoms with Crippen LogP contribution in [0.3, 0.4) is 0 Å². The first kappa shape index (κ1) is 21.4. The SMILES string of the molecule is CC(OC(=O)Cn1c(C(F)(F)F)nc2ccccc21)C(=O)Nc1ccc2ccccc2c1. The van der Waals surface area contributed by atoms with Crippen LogP contribution in [0.2, 0.25) is 0 Å². The highest BCUT2D eigenvalue weighted by Crippen LogP contribution is 2.31. The summed E-state index contributed by atoms with van der Waals surface area (Å²) in [5.74, 6) is -2.79. The molecule has 32 heavy (non-hydrogen) atoms. The lowest BCUT2D eigenvalue weighted by atomic mass is 10.1. The molecule has 0 saturated heterocycles. The molecule has 164 valence electrons. The van der Waals surface area contributed by atoms with Gasteiger partial charge in [0.05, 0.1) is 11.0 Å². The first-order chi connectivity index (χ1) is 15.2. The number of ether oxygens (including phenoxy) is 1. The van der Waals surface area contributed by atoms with E-state index in [9.17, 15) is 22.8 Å². The number of aromatic nitrogens is 2. The molecule has 0 aliphatic heterocycles. The number of anilines is 1. The number of fused-ring (bicyclic) bond motifs is 2. The van der Waals surface area contributed by atoms with E-state index in [1.165, 1.54) is 19.1 Å². The molecule has 0 aliphatic carbocycles. The number of nitrogens with one attached hydrogen (secondary N) is 1. The van der Waals surface area contributed by atoms with Crippen molar-refractivity contribution in [3.63, 3.8) is 0 Å². The van der Waals surface area contributed by atoms with Crippen LogP contribution in [-0.2, 0) is 27.0 Å². The molecule has 6 nitrogen and oxygen atoms in total. The molecule has 3 aromatic carbocycles. The molecule has 1 N–H and O–H groups in total. The van der Waals surface area contributed by atoms with Crippen molar-refractivity contribution < 1.29 is 27.5 Å². The summed E-state index contributed by atoms with van der Waals surface area (Å²) in [5, 5.41) is 4.56. The van der Waals surface area contributed by atoms with Crippen molar-refractivity contribution in [3.8, 4) is 0 Å². The van der Waals surface area contributed by atoms with Crippen molar-refractivity contribution in [1.82, 2.24) is 9.55 Å². The molecule has 1 atom stereocenters. The van der Waals surface area contributed by atoms with Gasteiger partial charge in [0.15, 0.2) is 6.10 Å². The number of carbonyl (C=O) groups excluding carboxylic acids is 2. The Balaban J connectivity index is 1.46. The van der Waals surface area contributed by atoms with Crippen LogP contribution in [-0.4, -0.2) is 27.5 Å². The van der Waals surface area contributed by atoms with E-state index in [4.69, 9.17) is 4.74 Å². The lowest BCUT2D eigenvalue weighted by molar-refractivity contribution is -0.156. The zero-order valence-corrected chi connectivity index (χ0v) is 16.9. The normalized spacial score (nSPS) is 12.6. The average molecular weight is 441 g/mol. The third kappa shape index (κ3) is 4.41. The summed E-state index contributed by atoms with van der Waals surface area (Å²) < 4.78 is 46.0. The third-order valence-corrected chi connectivity index (χ3v) is 4.89. The number of nitrogens with zero attached hydrogens (tertiary/aromatic N) is 2. The zero-order chi connectivity index (χ0) is 22.9. The van der Waals surface area contributed by atoms with Gasteiger partial charge in [-0.1, -0.05) is 42.5 Å². The van der Waals surface area contributed by atoms with Gasteiger partial charge in [0.25, 0.3) is 5.91 Å².